The van der Waals surface area contributed by atoms with Crippen LogP contribution in [0.4, 0.5) is 4.39 Å². The lowest BCUT2D eigenvalue weighted by Gasteiger charge is -2.11. The van der Waals surface area contributed by atoms with Gasteiger partial charge in [0.05, 0.1) is 18.7 Å². The molecule has 0 bridgehead atoms. The lowest BCUT2D eigenvalue weighted by Crippen LogP contribution is -2.13. The summed E-state index contributed by atoms with van der Waals surface area (Å²) in [6.07, 6.45) is 0. The largest absolute Gasteiger partial charge is 0.497 e. The molecule has 0 aliphatic heterocycles. The van der Waals surface area contributed by atoms with Gasteiger partial charge < -0.3 is 9.94 Å². The molecule has 0 fully saturated rings. The molecule has 1 aromatic rings. The van der Waals surface area contributed by atoms with Crippen molar-refractivity contribution in [1.29, 1.82) is 0 Å². The maximum Gasteiger partial charge on any atom is 0.132 e. The average Bonchev–Trinajstić information content (AvgIpc) is 2.10. The zero-order valence-corrected chi connectivity index (χ0v) is 8.68. The van der Waals surface area contributed by atoms with E-state index >= 15 is 0 Å². The van der Waals surface area contributed by atoms with Gasteiger partial charge in [-0.2, -0.15) is 5.06 Å². The van der Waals surface area contributed by atoms with Crippen molar-refractivity contribution in [2.24, 2.45) is 0 Å². The number of hydroxylamine groups is 2. The van der Waals surface area contributed by atoms with E-state index in [4.69, 9.17) is 21.5 Å². The minimum absolute atomic E-state index is 0.0364. The van der Waals surface area contributed by atoms with Crippen LogP contribution in [0.15, 0.2) is 12.1 Å². The molecule has 0 unspecified atom stereocenters. The molecule has 0 amide bonds. The fourth-order valence-corrected chi connectivity index (χ4v) is 1.34. The molecule has 0 radical (unpaired) electrons. The number of rotatable bonds is 3. The van der Waals surface area contributed by atoms with Crippen LogP contribution in [0.3, 0.4) is 0 Å². The first-order chi connectivity index (χ1) is 6.54. The van der Waals surface area contributed by atoms with Gasteiger partial charge in [0.1, 0.15) is 11.6 Å². The zero-order valence-electron chi connectivity index (χ0n) is 7.92. The SMILES string of the molecule is COc1cc(F)c(CN(C)O)c(Cl)c1. The zero-order chi connectivity index (χ0) is 10.7. The summed E-state index contributed by atoms with van der Waals surface area (Å²) in [6, 6.07) is 2.73. The summed E-state index contributed by atoms with van der Waals surface area (Å²) in [7, 11) is 2.85. The van der Waals surface area contributed by atoms with Crippen LogP contribution in [0.25, 0.3) is 0 Å². The van der Waals surface area contributed by atoms with Gasteiger partial charge in [-0.05, 0) is 6.07 Å². The lowest BCUT2D eigenvalue weighted by atomic mass is 10.2. The maximum atomic E-state index is 13.4. The third kappa shape index (κ3) is 2.57. The highest BCUT2D eigenvalue weighted by Crippen LogP contribution is 2.26. The number of benzene rings is 1. The van der Waals surface area contributed by atoms with Gasteiger partial charge >= 0.3 is 0 Å². The van der Waals surface area contributed by atoms with Crippen LogP contribution in [0.1, 0.15) is 5.56 Å². The second-order valence-electron chi connectivity index (χ2n) is 2.89. The van der Waals surface area contributed by atoms with E-state index in [1.165, 1.54) is 26.3 Å². The second kappa shape index (κ2) is 4.59. The predicted molar refractivity (Wildman–Crippen MR) is 51.2 cm³/mol. The van der Waals surface area contributed by atoms with Gasteiger partial charge in [-0.1, -0.05) is 11.6 Å². The van der Waals surface area contributed by atoms with Crippen LogP contribution in [0.2, 0.25) is 5.02 Å². The number of methoxy groups -OCH3 is 1. The molecule has 0 heterocycles. The van der Waals surface area contributed by atoms with Gasteiger partial charge in [0.15, 0.2) is 0 Å². The van der Waals surface area contributed by atoms with Crippen molar-refractivity contribution in [3.8, 4) is 5.75 Å². The van der Waals surface area contributed by atoms with Crippen molar-refractivity contribution >= 4 is 11.6 Å². The van der Waals surface area contributed by atoms with Crippen molar-refractivity contribution in [1.82, 2.24) is 5.06 Å². The highest BCUT2D eigenvalue weighted by atomic mass is 35.5. The fraction of sp³-hybridized carbons (Fsp3) is 0.333. The van der Waals surface area contributed by atoms with Crippen molar-refractivity contribution < 1.29 is 14.3 Å². The molecule has 1 rings (SSSR count). The van der Waals surface area contributed by atoms with Crippen LogP contribution in [0, 0.1) is 5.82 Å². The summed E-state index contributed by atoms with van der Waals surface area (Å²) in [5.74, 6) is -0.132. The maximum absolute atomic E-state index is 13.4. The molecule has 1 aromatic carbocycles. The number of ether oxygens (including phenoxy) is 1. The Hall–Kier alpha value is -0.840. The molecule has 5 heteroatoms. The Kier molecular flexibility index (Phi) is 3.69. The molecule has 0 aromatic heterocycles. The van der Waals surface area contributed by atoms with Crippen LogP contribution in [-0.4, -0.2) is 24.4 Å². The first-order valence-corrected chi connectivity index (χ1v) is 4.34. The van der Waals surface area contributed by atoms with Gasteiger partial charge in [0.2, 0.25) is 0 Å². The molecule has 0 aliphatic carbocycles. The first kappa shape index (κ1) is 11.2. The summed E-state index contributed by atoms with van der Waals surface area (Å²) in [4.78, 5) is 0. The molecule has 78 valence electrons. The van der Waals surface area contributed by atoms with Crippen molar-refractivity contribution in [2.75, 3.05) is 14.2 Å². The summed E-state index contributed by atoms with van der Waals surface area (Å²) >= 11 is 5.80. The average molecular weight is 220 g/mol. The monoisotopic (exact) mass is 219 g/mol. The van der Waals surface area contributed by atoms with E-state index in [2.05, 4.69) is 0 Å². The summed E-state index contributed by atoms with van der Waals surface area (Å²) in [5, 5.41) is 10.1. The highest BCUT2D eigenvalue weighted by molar-refractivity contribution is 6.31. The topological polar surface area (TPSA) is 32.7 Å². The molecule has 0 atom stereocenters. The Morgan fingerprint density at radius 1 is 1.57 bits per heavy atom. The van der Waals surface area contributed by atoms with Gasteiger partial charge in [0.25, 0.3) is 0 Å². The Bertz CT molecular complexity index is 308. The molecule has 0 saturated carbocycles. The predicted octanol–water partition coefficient (Wildman–Crippen LogP) is 2.31. The van der Waals surface area contributed by atoms with E-state index in [1.807, 2.05) is 0 Å². The Balaban J connectivity index is 3.05. The van der Waals surface area contributed by atoms with Crippen LogP contribution in [-0.2, 0) is 6.54 Å². The molecule has 0 spiro atoms. The van der Waals surface area contributed by atoms with Gasteiger partial charge in [-0.3, -0.25) is 0 Å². The Labute approximate surface area is 86.6 Å². The molecule has 3 nitrogen and oxygen atoms in total. The number of nitrogens with zero attached hydrogens (tertiary/aromatic N) is 1. The molecule has 14 heavy (non-hydrogen) atoms. The Morgan fingerprint density at radius 2 is 2.21 bits per heavy atom. The molecule has 1 N–H and O–H groups in total. The van der Waals surface area contributed by atoms with Gasteiger partial charge in [-0.25, -0.2) is 4.39 Å². The smallest absolute Gasteiger partial charge is 0.132 e. The van der Waals surface area contributed by atoms with Crippen molar-refractivity contribution in [3.05, 3.63) is 28.5 Å². The summed E-state index contributed by atoms with van der Waals surface area (Å²) in [5.41, 5.74) is 0.248. The Morgan fingerprint density at radius 3 is 2.64 bits per heavy atom. The van der Waals surface area contributed by atoms with Crippen LogP contribution < -0.4 is 4.74 Å². The van der Waals surface area contributed by atoms with Crippen LogP contribution >= 0.6 is 11.6 Å². The van der Waals surface area contributed by atoms with Crippen molar-refractivity contribution in [2.45, 2.75) is 6.54 Å². The minimum atomic E-state index is -0.491. The van der Waals surface area contributed by atoms with E-state index in [0.717, 1.165) is 5.06 Å². The normalized spacial score (nSPS) is 10.7. The highest BCUT2D eigenvalue weighted by Gasteiger charge is 2.11. The van der Waals surface area contributed by atoms with E-state index in [9.17, 15) is 4.39 Å². The van der Waals surface area contributed by atoms with E-state index < -0.39 is 5.82 Å². The number of hydrogen-bond acceptors (Lipinski definition) is 3. The summed E-state index contributed by atoms with van der Waals surface area (Å²) < 4.78 is 18.2. The summed E-state index contributed by atoms with van der Waals surface area (Å²) in [6.45, 7) is 0.0364. The molecule has 0 saturated heterocycles. The third-order valence-corrected chi connectivity index (χ3v) is 2.07. The minimum Gasteiger partial charge on any atom is -0.497 e. The van der Waals surface area contributed by atoms with E-state index in [0.29, 0.717) is 5.75 Å². The van der Waals surface area contributed by atoms with Crippen molar-refractivity contribution in [3.63, 3.8) is 0 Å². The first-order valence-electron chi connectivity index (χ1n) is 3.96. The van der Waals surface area contributed by atoms with Gasteiger partial charge in [0, 0.05) is 18.7 Å². The fourth-order valence-electron chi connectivity index (χ4n) is 1.08. The standard InChI is InChI=1S/C9H11ClFNO2/c1-12(13)5-7-8(10)3-6(14-2)4-9(7)11/h3-4,13H,5H2,1-2H3. The van der Waals surface area contributed by atoms with E-state index in [-0.39, 0.29) is 17.1 Å². The third-order valence-electron chi connectivity index (χ3n) is 1.74. The molecule has 0 aliphatic rings. The second-order valence-corrected chi connectivity index (χ2v) is 3.29. The quantitative estimate of drug-likeness (QED) is 0.792. The van der Waals surface area contributed by atoms with Crippen LogP contribution in [0.5, 0.6) is 5.75 Å². The van der Waals surface area contributed by atoms with E-state index in [1.54, 1.807) is 0 Å². The number of halogens is 2. The molecular formula is C9H11ClFNO2. The molecular weight excluding hydrogens is 209 g/mol. The lowest BCUT2D eigenvalue weighted by molar-refractivity contribution is -0.0738. The van der Waals surface area contributed by atoms with Gasteiger partial charge in [-0.15, -0.1) is 0 Å². The number of hydrogen-bond donors (Lipinski definition) is 1.